The fourth-order valence-corrected chi connectivity index (χ4v) is 1.87. The number of rotatable bonds is 3. The number of ketones is 1. The van der Waals surface area contributed by atoms with Gasteiger partial charge < -0.3 is 0 Å². The number of hydrogen-bond donors (Lipinski definition) is 0. The molecule has 0 heterocycles. The average molecular weight is 260 g/mol. The number of halogens is 2. The van der Waals surface area contributed by atoms with Crippen molar-refractivity contribution >= 4 is 5.78 Å². The van der Waals surface area contributed by atoms with Crippen molar-refractivity contribution in [2.24, 2.45) is 0 Å². The molecule has 0 aliphatic rings. The van der Waals surface area contributed by atoms with Crippen molar-refractivity contribution in [3.63, 3.8) is 0 Å². The van der Waals surface area contributed by atoms with Crippen LogP contribution in [0.3, 0.4) is 0 Å². The van der Waals surface area contributed by atoms with E-state index in [9.17, 15) is 13.6 Å². The maximum atomic E-state index is 13.5. The Morgan fingerprint density at radius 1 is 1.05 bits per heavy atom. The summed E-state index contributed by atoms with van der Waals surface area (Å²) in [5.74, 6) is -2.09. The molecule has 3 heteroatoms. The first kappa shape index (κ1) is 13.4. The van der Waals surface area contributed by atoms with Gasteiger partial charge in [0, 0.05) is 12.0 Å². The van der Waals surface area contributed by atoms with Gasteiger partial charge in [-0.3, -0.25) is 4.79 Å². The van der Waals surface area contributed by atoms with Crippen molar-refractivity contribution in [2.45, 2.75) is 20.3 Å². The molecule has 0 saturated carbocycles. The summed E-state index contributed by atoms with van der Waals surface area (Å²) in [5, 5.41) is 0. The zero-order chi connectivity index (χ0) is 14.0. The van der Waals surface area contributed by atoms with E-state index in [1.807, 2.05) is 19.9 Å². The van der Waals surface area contributed by atoms with Crippen LogP contribution in [0, 0.1) is 25.5 Å². The van der Waals surface area contributed by atoms with Crippen LogP contribution in [-0.2, 0) is 6.42 Å². The lowest BCUT2D eigenvalue weighted by atomic mass is 9.99. The molecule has 0 saturated heterocycles. The van der Waals surface area contributed by atoms with Crippen LogP contribution in [0.25, 0.3) is 0 Å². The summed E-state index contributed by atoms with van der Waals surface area (Å²) in [7, 11) is 0. The second-order valence-corrected chi connectivity index (χ2v) is 4.61. The monoisotopic (exact) mass is 260 g/mol. The smallest absolute Gasteiger partial charge is 0.167 e. The zero-order valence-corrected chi connectivity index (χ0v) is 10.8. The summed E-state index contributed by atoms with van der Waals surface area (Å²) in [4.78, 5) is 12.1. The highest BCUT2D eigenvalue weighted by Crippen LogP contribution is 2.16. The molecular weight excluding hydrogens is 246 g/mol. The minimum atomic E-state index is -0.945. The first-order valence-corrected chi connectivity index (χ1v) is 6.02. The Morgan fingerprint density at radius 2 is 1.79 bits per heavy atom. The van der Waals surface area contributed by atoms with Crippen molar-refractivity contribution < 1.29 is 13.6 Å². The predicted molar refractivity (Wildman–Crippen MR) is 70.3 cm³/mol. The molecule has 0 spiro atoms. The van der Waals surface area contributed by atoms with Gasteiger partial charge in [-0.2, -0.15) is 0 Å². The molecule has 0 amide bonds. The standard InChI is InChI=1S/C16H14F2O/c1-10-6-7-12(8-11(10)2)15(19)9-13-4-3-5-14(17)16(13)18/h3-8H,9H2,1-2H3. The quantitative estimate of drug-likeness (QED) is 0.762. The molecule has 0 aliphatic carbocycles. The van der Waals surface area contributed by atoms with Gasteiger partial charge in [0.05, 0.1) is 0 Å². The van der Waals surface area contributed by atoms with Crippen LogP contribution in [0.1, 0.15) is 27.0 Å². The van der Waals surface area contributed by atoms with Crippen LogP contribution < -0.4 is 0 Å². The Labute approximate surface area is 110 Å². The summed E-state index contributed by atoms with van der Waals surface area (Å²) in [6.45, 7) is 3.87. The van der Waals surface area contributed by atoms with Gasteiger partial charge in [-0.25, -0.2) is 8.78 Å². The summed E-state index contributed by atoms with van der Waals surface area (Å²) >= 11 is 0. The maximum Gasteiger partial charge on any atom is 0.167 e. The van der Waals surface area contributed by atoms with Crippen LogP contribution in [0.15, 0.2) is 36.4 Å². The molecule has 0 N–H and O–H groups in total. The van der Waals surface area contributed by atoms with Crippen molar-refractivity contribution in [1.29, 1.82) is 0 Å². The third-order valence-corrected chi connectivity index (χ3v) is 3.21. The highest BCUT2D eigenvalue weighted by Gasteiger charge is 2.13. The summed E-state index contributed by atoms with van der Waals surface area (Å²) in [6, 6.07) is 9.21. The maximum absolute atomic E-state index is 13.5. The molecule has 1 nitrogen and oxygen atoms in total. The lowest BCUT2D eigenvalue weighted by Gasteiger charge is -2.06. The van der Waals surface area contributed by atoms with Crippen LogP contribution in [0.4, 0.5) is 8.78 Å². The van der Waals surface area contributed by atoms with Gasteiger partial charge >= 0.3 is 0 Å². The Balaban J connectivity index is 2.26. The molecule has 0 fully saturated rings. The average Bonchev–Trinajstić information content (AvgIpc) is 2.38. The number of Topliss-reactive ketones (excluding diaryl/α,β-unsaturated/α-hetero) is 1. The Hall–Kier alpha value is -2.03. The van der Waals surface area contributed by atoms with E-state index in [0.29, 0.717) is 5.56 Å². The molecule has 2 aromatic rings. The lowest BCUT2D eigenvalue weighted by molar-refractivity contribution is 0.0991. The van der Waals surface area contributed by atoms with Gasteiger partial charge in [-0.15, -0.1) is 0 Å². The van der Waals surface area contributed by atoms with Crippen molar-refractivity contribution in [3.05, 3.63) is 70.3 Å². The third kappa shape index (κ3) is 2.87. The minimum absolute atomic E-state index is 0.0863. The second kappa shape index (κ2) is 5.31. The van der Waals surface area contributed by atoms with Crippen LogP contribution in [0.5, 0.6) is 0 Å². The predicted octanol–water partition coefficient (Wildman–Crippen LogP) is 4.01. The highest BCUT2D eigenvalue weighted by molar-refractivity contribution is 5.97. The number of aryl methyl sites for hydroxylation is 2. The van der Waals surface area contributed by atoms with Crippen molar-refractivity contribution in [1.82, 2.24) is 0 Å². The second-order valence-electron chi connectivity index (χ2n) is 4.61. The van der Waals surface area contributed by atoms with Crippen molar-refractivity contribution in [2.75, 3.05) is 0 Å². The molecule has 0 aromatic heterocycles. The van der Waals surface area contributed by atoms with E-state index in [4.69, 9.17) is 0 Å². The summed E-state index contributed by atoms with van der Waals surface area (Å²) in [5.41, 5.74) is 2.70. The Kier molecular flexibility index (Phi) is 3.74. The number of benzene rings is 2. The van der Waals surface area contributed by atoms with Crippen LogP contribution >= 0.6 is 0 Å². The highest BCUT2D eigenvalue weighted by atomic mass is 19.2. The van der Waals surface area contributed by atoms with E-state index in [1.54, 1.807) is 12.1 Å². The fourth-order valence-electron chi connectivity index (χ4n) is 1.87. The number of carbonyl (C=O) groups is 1. The van der Waals surface area contributed by atoms with Gasteiger partial charge in [-0.05, 0) is 42.7 Å². The molecule has 0 atom stereocenters. The van der Waals surface area contributed by atoms with Gasteiger partial charge in [0.25, 0.3) is 0 Å². The van der Waals surface area contributed by atoms with E-state index in [0.717, 1.165) is 17.2 Å². The first-order chi connectivity index (χ1) is 8.99. The minimum Gasteiger partial charge on any atom is -0.294 e. The molecule has 2 aromatic carbocycles. The SMILES string of the molecule is Cc1ccc(C(=O)Cc2cccc(F)c2F)cc1C. The molecule has 0 unspecified atom stereocenters. The normalized spacial score (nSPS) is 10.5. The molecular formula is C16H14F2O. The largest absolute Gasteiger partial charge is 0.294 e. The number of hydrogen-bond acceptors (Lipinski definition) is 1. The van der Waals surface area contributed by atoms with E-state index >= 15 is 0 Å². The molecule has 0 radical (unpaired) electrons. The van der Waals surface area contributed by atoms with E-state index in [-0.39, 0.29) is 17.8 Å². The first-order valence-electron chi connectivity index (χ1n) is 6.02. The van der Waals surface area contributed by atoms with Crippen LogP contribution in [-0.4, -0.2) is 5.78 Å². The molecule has 19 heavy (non-hydrogen) atoms. The topological polar surface area (TPSA) is 17.1 Å². The zero-order valence-electron chi connectivity index (χ0n) is 10.8. The number of carbonyl (C=O) groups excluding carboxylic acids is 1. The molecule has 2 rings (SSSR count). The van der Waals surface area contributed by atoms with Gasteiger partial charge in [-0.1, -0.05) is 24.3 Å². The fraction of sp³-hybridized carbons (Fsp3) is 0.188. The van der Waals surface area contributed by atoms with Crippen LogP contribution in [0.2, 0.25) is 0 Å². The molecule has 98 valence electrons. The van der Waals surface area contributed by atoms with Gasteiger partial charge in [0.15, 0.2) is 17.4 Å². The summed E-state index contributed by atoms with van der Waals surface area (Å²) < 4.78 is 26.6. The molecule has 0 bridgehead atoms. The van der Waals surface area contributed by atoms with E-state index < -0.39 is 11.6 Å². The summed E-state index contributed by atoms with van der Waals surface area (Å²) in [6.07, 6.45) is -0.133. The van der Waals surface area contributed by atoms with E-state index in [1.165, 1.54) is 12.1 Å². The van der Waals surface area contributed by atoms with Gasteiger partial charge in [0.2, 0.25) is 0 Å². The third-order valence-electron chi connectivity index (χ3n) is 3.21. The Bertz CT molecular complexity index is 633. The van der Waals surface area contributed by atoms with Gasteiger partial charge in [0.1, 0.15) is 0 Å². The van der Waals surface area contributed by atoms with E-state index in [2.05, 4.69) is 0 Å². The molecule has 0 aliphatic heterocycles. The lowest BCUT2D eigenvalue weighted by Crippen LogP contribution is -2.06. The van der Waals surface area contributed by atoms with Crippen molar-refractivity contribution in [3.8, 4) is 0 Å². The Morgan fingerprint density at radius 3 is 2.47 bits per heavy atom.